The zero-order valence-corrected chi connectivity index (χ0v) is 11.1. The Kier molecular flexibility index (Phi) is 6.77. The minimum absolute atomic E-state index is 0.770. The summed E-state index contributed by atoms with van der Waals surface area (Å²) in [6.07, 6.45) is 1.94. The Morgan fingerprint density at radius 2 is 2.24 bits per heavy atom. The molecule has 0 aliphatic heterocycles. The van der Waals surface area contributed by atoms with Crippen molar-refractivity contribution in [2.75, 3.05) is 33.9 Å². The summed E-state index contributed by atoms with van der Waals surface area (Å²) in [5, 5.41) is 3.12. The molecule has 0 fully saturated rings. The quantitative estimate of drug-likeness (QED) is 0.739. The van der Waals surface area contributed by atoms with Crippen molar-refractivity contribution in [2.24, 2.45) is 0 Å². The van der Waals surface area contributed by atoms with Gasteiger partial charge in [-0.05, 0) is 25.2 Å². The van der Waals surface area contributed by atoms with Gasteiger partial charge in [-0.2, -0.15) is 0 Å². The maximum atomic E-state index is 5.09. The van der Waals surface area contributed by atoms with E-state index in [1.54, 1.807) is 7.11 Å². The predicted octanol–water partition coefficient (Wildman–Crippen LogP) is 1.27. The van der Waals surface area contributed by atoms with Gasteiger partial charge in [0.15, 0.2) is 0 Å². The van der Waals surface area contributed by atoms with E-state index >= 15 is 0 Å². The molecule has 0 saturated carbocycles. The van der Waals surface area contributed by atoms with E-state index in [1.807, 2.05) is 13.2 Å². The average Bonchev–Trinajstić information content (AvgIpc) is 2.37. The van der Waals surface area contributed by atoms with Crippen LogP contribution in [0.3, 0.4) is 0 Å². The summed E-state index contributed by atoms with van der Waals surface area (Å²) in [5.41, 5.74) is 2.33. The van der Waals surface area contributed by atoms with Crippen LogP contribution < -0.4 is 5.32 Å². The van der Waals surface area contributed by atoms with Gasteiger partial charge in [-0.25, -0.2) is 0 Å². The first-order valence-corrected chi connectivity index (χ1v) is 6.09. The molecule has 4 heteroatoms. The van der Waals surface area contributed by atoms with E-state index in [2.05, 4.69) is 34.3 Å². The van der Waals surface area contributed by atoms with Crippen molar-refractivity contribution in [3.8, 4) is 0 Å². The highest BCUT2D eigenvalue weighted by Gasteiger charge is 2.04. The van der Waals surface area contributed by atoms with Crippen LogP contribution in [-0.2, 0) is 17.8 Å². The SMILES string of the molecule is CCN(CCOC)Cc1ccc(CNC)cn1. The van der Waals surface area contributed by atoms with Crippen molar-refractivity contribution >= 4 is 0 Å². The molecule has 1 N–H and O–H groups in total. The van der Waals surface area contributed by atoms with Crippen LogP contribution in [0.15, 0.2) is 18.3 Å². The lowest BCUT2D eigenvalue weighted by Crippen LogP contribution is -2.27. The van der Waals surface area contributed by atoms with Gasteiger partial charge in [0, 0.05) is 32.9 Å². The molecular formula is C13H23N3O. The van der Waals surface area contributed by atoms with Crippen LogP contribution in [0, 0.1) is 0 Å². The third kappa shape index (κ3) is 5.26. The first-order valence-electron chi connectivity index (χ1n) is 6.09. The molecule has 17 heavy (non-hydrogen) atoms. The largest absolute Gasteiger partial charge is 0.383 e. The van der Waals surface area contributed by atoms with Gasteiger partial charge in [0.25, 0.3) is 0 Å². The van der Waals surface area contributed by atoms with E-state index in [0.29, 0.717) is 0 Å². The number of methoxy groups -OCH3 is 1. The van der Waals surface area contributed by atoms with E-state index in [1.165, 1.54) is 5.56 Å². The van der Waals surface area contributed by atoms with E-state index in [4.69, 9.17) is 4.74 Å². The first kappa shape index (κ1) is 14.1. The van der Waals surface area contributed by atoms with Crippen LogP contribution in [0.5, 0.6) is 0 Å². The standard InChI is InChI=1S/C13H23N3O/c1-4-16(7-8-17-3)11-13-6-5-12(9-14-2)10-15-13/h5-6,10,14H,4,7-9,11H2,1-3H3. The Balaban J connectivity index is 2.48. The number of nitrogens with one attached hydrogen (secondary N) is 1. The van der Waals surface area contributed by atoms with Crippen molar-refractivity contribution < 1.29 is 4.74 Å². The van der Waals surface area contributed by atoms with Gasteiger partial charge >= 0.3 is 0 Å². The van der Waals surface area contributed by atoms with Gasteiger partial charge in [-0.15, -0.1) is 0 Å². The lowest BCUT2D eigenvalue weighted by atomic mass is 10.2. The van der Waals surface area contributed by atoms with Gasteiger partial charge in [-0.3, -0.25) is 9.88 Å². The van der Waals surface area contributed by atoms with Crippen LogP contribution in [-0.4, -0.2) is 43.7 Å². The van der Waals surface area contributed by atoms with Crippen molar-refractivity contribution in [3.63, 3.8) is 0 Å². The molecule has 0 bridgehead atoms. The minimum atomic E-state index is 0.770. The van der Waals surface area contributed by atoms with E-state index < -0.39 is 0 Å². The minimum Gasteiger partial charge on any atom is -0.383 e. The van der Waals surface area contributed by atoms with Crippen molar-refractivity contribution in [3.05, 3.63) is 29.6 Å². The third-order valence-electron chi connectivity index (χ3n) is 2.71. The summed E-state index contributed by atoms with van der Waals surface area (Å²) in [5.74, 6) is 0. The second-order valence-electron chi connectivity index (χ2n) is 4.05. The number of hydrogen-bond acceptors (Lipinski definition) is 4. The molecule has 0 saturated heterocycles. The molecule has 0 radical (unpaired) electrons. The predicted molar refractivity (Wildman–Crippen MR) is 69.8 cm³/mol. The second kappa shape index (κ2) is 8.17. The number of nitrogens with zero attached hydrogens (tertiary/aromatic N) is 2. The second-order valence-corrected chi connectivity index (χ2v) is 4.05. The highest BCUT2D eigenvalue weighted by Crippen LogP contribution is 2.04. The van der Waals surface area contributed by atoms with Crippen molar-refractivity contribution in [2.45, 2.75) is 20.0 Å². The van der Waals surface area contributed by atoms with E-state index in [9.17, 15) is 0 Å². The lowest BCUT2D eigenvalue weighted by molar-refractivity contribution is 0.147. The summed E-state index contributed by atoms with van der Waals surface area (Å²) in [4.78, 5) is 6.79. The first-order chi connectivity index (χ1) is 8.30. The molecule has 1 rings (SSSR count). The van der Waals surface area contributed by atoms with Crippen LogP contribution >= 0.6 is 0 Å². The highest BCUT2D eigenvalue weighted by atomic mass is 16.5. The number of pyridine rings is 1. The monoisotopic (exact) mass is 237 g/mol. The van der Waals surface area contributed by atoms with Crippen LogP contribution in [0.25, 0.3) is 0 Å². The fourth-order valence-corrected chi connectivity index (χ4v) is 1.66. The van der Waals surface area contributed by atoms with Crippen LogP contribution in [0.2, 0.25) is 0 Å². The molecule has 0 unspecified atom stereocenters. The molecule has 0 spiro atoms. The molecule has 0 aromatic carbocycles. The Morgan fingerprint density at radius 1 is 1.41 bits per heavy atom. The summed E-state index contributed by atoms with van der Waals surface area (Å²) in [6.45, 7) is 6.65. The summed E-state index contributed by atoms with van der Waals surface area (Å²) < 4.78 is 5.09. The van der Waals surface area contributed by atoms with Gasteiger partial charge in [0.2, 0.25) is 0 Å². The van der Waals surface area contributed by atoms with Crippen LogP contribution in [0.1, 0.15) is 18.2 Å². The smallest absolute Gasteiger partial charge is 0.0589 e. The number of rotatable bonds is 8. The highest BCUT2D eigenvalue weighted by molar-refractivity contribution is 5.13. The summed E-state index contributed by atoms with van der Waals surface area (Å²) in [7, 11) is 3.68. The fourth-order valence-electron chi connectivity index (χ4n) is 1.66. The molecular weight excluding hydrogens is 214 g/mol. The van der Waals surface area contributed by atoms with Gasteiger partial charge in [0.05, 0.1) is 12.3 Å². The molecule has 4 nitrogen and oxygen atoms in total. The van der Waals surface area contributed by atoms with Gasteiger partial charge < -0.3 is 10.1 Å². The number of likely N-dealkylation sites (N-methyl/N-ethyl adjacent to an activating group) is 1. The molecule has 1 heterocycles. The zero-order valence-electron chi connectivity index (χ0n) is 11.1. The molecule has 0 amide bonds. The number of hydrogen-bond donors (Lipinski definition) is 1. The van der Waals surface area contributed by atoms with Gasteiger partial charge in [0.1, 0.15) is 0 Å². The van der Waals surface area contributed by atoms with Crippen molar-refractivity contribution in [1.29, 1.82) is 0 Å². The Hall–Kier alpha value is -0.970. The molecule has 0 aliphatic rings. The maximum absolute atomic E-state index is 5.09. The summed E-state index contributed by atoms with van der Waals surface area (Å²) in [6, 6.07) is 4.23. The van der Waals surface area contributed by atoms with Crippen LogP contribution in [0.4, 0.5) is 0 Å². The number of ether oxygens (including phenoxy) is 1. The molecule has 0 aliphatic carbocycles. The normalized spacial score (nSPS) is 11.1. The summed E-state index contributed by atoms with van der Waals surface area (Å²) >= 11 is 0. The maximum Gasteiger partial charge on any atom is 0.0589 e. The molecule has 1 aromatic rings. The molecule has 1 aromatic heterocycles. The Morgan fingerprint density at radius 3 is 2.76 bits per heavy atom. The third-order valence-corrected chi connectivity index (χ3v) is 2.71. The Bertz CT molecular complexity index is 300. The fraction of sp³-hybridized carbons (Fsp3) is 0.615. The van der Waals surface area contributed by atoms with Crippen molar-refractivity contribution in [1.82, 2.24) is 15.2 Å². The lowest BCUT2D eigenvalue weighted by Gasteiger charge is -2.19. The number of aromatic nitrogens is 1. The Labute approximate surface area is 104 Å². The average molecular weight is 237 g/mol. The zero-order chi connectivity index (χ0) is 12.5. The molecule has 96 valence electrons. The molecule has 0 atom stereocenters. The van der Waals surface area contributed by atoms with E-state index in [0.717, 1.165) is 38.5 Å². The topological polar surface area (TPSA) is 37.4 Å². The van der Waals surface area contributed by atoms with E-state index in [-0.39, 0.29) is 0 Å². The van der Waals surface area contributed by atoms with Gasteiger partial charge in [-0.1, -0.05) is 13.0 Å².